The van der Waals surface area contributed by atoms with Crippen LogP contribution in [0.2, 0.25) is 5.02 Å². The van der Waals surface area contributed by atoms with Gasteiger partial charge in [0.1, 0.15) is 17.7 Å². The van der Waals surface area contributed by atoms with E-state index in [2.05, 4.69) is 10.4 Å². The maximum absolute atomic E-state index is 13.1. The first-order valence-electron chi connectivity index (χ1n) is 8.14. The number of likely N-dealkylation sites (tertiary alicyclic amines) is 1. The second-order valence-electron chi connectivity index (χ2n) is 5.99. The number of piperidine rings is 1. The van der Waals surface area contributed by atoms with Gasteiger partial charge in [0.2, 0.25) is 0 Å². The second kappa shape index (κ2) is 7.74. The topological polar surface area (TPSA) is 76.5 Å². The third kappa shape index (κ3) is 4.32. The van der Waals surface area contributed by atoms with E-state index in [1.807, 2.05) is 0 Å². The number of hydrogen-bond acceptors (Lipinski definition) is 4. The number of carbonyl (C=O) groups is 1. The molecule has 0 saturated carbocycles. The van der Waals surface area contributed by atoms with Crippen LogP contribution < -0.4 is 15.6 Å². The lowest BCUT2D eigenvalue weighted by Gasteiger charge is -2.32. The number of nitrogens with one attached hydrogen (secondary N) is 1. The van der Waals surface area contributed by atoms with E-state index in [0.29, 0.717) is 37.5 Å². The normalized spacial score (nSPS) is 15.0. The van der Waals surface area contributed by atoms with Crippen LogP contribution in [0.1, 0.15) is 12.8 Å². The fourth-order valence-electron chi connectivity index (χ4n) is 2.68. The number of anilines is 1. The Morgan fingerprint density at radius 2 is 2.04 bits per heavy atom. The fraction of sp³-hybridized carbons (Fsp3) is 0.353. The highest BCUT2D eigenvalue weighted by molar-refractivity contribution is 6.32. The Kier molecular flexibility index (Phi) is 5.41. The molecule has 2 aromatic rings. The minimum atomic E-state index is -0.416. The predicted octanol–water partition coefficient (Wildman–Crippen LogP) is 2.65. The molecule has 0 atom stereocenters. The lowest BCUT2D eigenvalue weighted by molar-refractivity contribution is 0.115. The van der Waals surface area contributed by atoms with Gasteiger partial charge in [0.15, 0.2) is 5.82 Å². The van der Waals surface area contributed by atoms with E-state index in [4.69, 9.17) is 16.3 Å². The third-order valence-corrected chi connectivity index (χ3v) is 4.41. The van der Waals surface area contributed by atoms with E-state index in [1.54, 1.807) is 4.90 Å². The number of rotatable bonds is 3. The zero-order valence-electron chi connectivity index (χ0n) is 14.1. The number of carbonyl (C=O) groups excluding carboxylic acids is 1. The van der Waals surface area contributed by atoms with Gasteiger partial charge in [-0.15, -0.1) is 0 Å². The van der Waals surface area contributed by atoms with Gasteiger partial charge in [-0.05, 0) is 24.3 Å². The van der Waals surface area contributed by atoms with Crippen molar-refractivity contribution in [2.75, 3.05) is 18.4 Å². The van der Waals surface area contributed by atoms with Crippen molar-refractivity contribution in [2.45, 2.75) is 18.9 Å². The van der Waals surface area contributed by atoms with Gasteiger partial charge in [-0.2, -0.15) is 5.10 Å². The van der Waals surface area contributed by atoms with E-state index < -0.39 is 5.82 Å². The first-order chi connectivity index (χ1) is 12.4. The Labute approximate surface area is 154 Å². The van der Waals surface area contributed by atoms with E-state index in [1.165, 1.54) is 37.4 Å². The van der Waals surface area contributed by atoms with Crippen molar-refractivity contribution in [2.24, 2.45) is 7.05 Å². The number of aromatic nitrogens is 2. The zero-order valence-corrected chi connectivity index (χ0v) is 14.9. The number of nitrogens with zero attached hydrogens (tertiary/aromatic N) is 3. The number of ether oxygens (including phenoxy) is 1. The van der Waals surface area contributed by atoms with Gasteiger partial charge in [0, 0.05) is 39.0 Å². The van der Waals surface area contributed by atoms with Crippen LogP contribution in [-0.2, 0) is 7.05 Å². The molecule has 0 bridgehead atoms. The van der Waals surface area contributed by atoms with E-state index in [9.17, 15) is 14.0 Å². The van der Waals surface area contributed by atoms with Gasteiger partial charge < -0.3 is 9.64 Å². The summed E-state index contributed by atoms with van der Waals surface area (Å²) < 4.78 is 20.0. The molecule has 1 N–H and O–H groups in total. The average molecular weight is 381 g/mol. The zero-order chi connectivity index (χ0) is 18.7. The molecule has 9 heteroatoms. The molecule has 2 heterocycles. The summed E-state index contributed by atoms with van der Waals surface area (Å²) in [4.78, 5) is 25.3. The highest BCUT2D eigenvalue weighted by Gasteiger charge is 2.24. The maximum Gasteiger partial charge on any atom is 0.323 e. The predicted molar refractivity (Wildman–Crippen MR) is 95.1 cm³/mol. The van der Waals surface area contributed by atoms with Gasteiger partial charge in [0.05, 0.1) is 5.02 Å². The highest BCUT2D eigenvalue weighted by atomic mass is 35.5. The van der Waals surface area contributed by atoms with Crippen molar-refractivity contribution >= 4 is 23.4 Å². The molecule has 1 aromatic heterocycles. The number of hydrogen-bond donors (Lipinski definition) is 1. The molecule has 1 aromatic carbocycles. The van der Waals surface area contributed by atoms with Crippen molar-refractivity contribution in [3.63, 3.8) is 0 Å². The first kappa shape index (κ1) is 18.2. The number of aryl methyl sites for hydroxylation is 1. The number of halogens is 2. The third-order valence-electron chi connectivity index (χ3n) is 4.11. The summed E-state index contributed by atoms with van der Waals surface area (Å²) in [5.74, 6) is 0.333. The Morgan fingerprint density at radius 1 is 1.31 bits per heavy atom. The van der Waals surface area contributed by atoms with Crippen molar-refractivity contribution < 1.29 is 13.9 Å². The van der Waals surface area contributed by atoms with Crippen LogP contribution in [0.15, 0.2) is 35.1 Å². The van der Waals surface area contributed by atoms with Crippen LogP contribution in [0.5, 0.6) is 5.75 Å². The average Bonchev–Trinajstić information content (AvgIpc) is 2.61. The molecule has 138 valence electrons. The van der Waals surface area contributed by atoms with Crippen molar-refractivity contribution in [3.05, 3.63) is 51.5 Å². The lowest BCUT2D eigenvalue weighted by atomic mass is 10.1. The molecule has 1 fully saturated rings. The van der Waals surface area contributed by atoms with Gasteiger partial charge in [-0.3, -0.25) is 10.1 Å². The molecular formula is C17H18ClFN4O3. The standard InChI is InChI=1S/C17H18ClFN4O3/c1-22-16(24)5-4-15(21-22)20-17(25)23-8-6-12(7-9-23)26-14-3-2-11(19)10-13(14)18/h2-5,10,12H,6-9H2,1H3,(H,20,21,25). The molecule has 3 rings (SSSR count). The SMILES string of the molecule is Cn1nc(NC(=O)N2CCC(Oc3ccc(F)cc3Cl)CC2)ccc1=O. The van der Waals surface area contributed by atoms with Gasteiger partial charge in [-0.1, -0.05) is 11.6 Å². The summed E-state index contributed by atoms with van der Waals surface area (Å²) in [5.41, 5.74) is -0.250. The van der Waals surface area contributed by atoms with Gasteiger partial charge in [0.25, 0.3) is 5.56 Å². The Morgan fingerprint density at radius 3 is 2.69 bits per heavy atom. The number of urea groups is 1. The quantitative estimate of drug-likeness (QED) is 0.888. The van der Waals surface area contributed by atoms with E-state index in [0.717, 1.165) is 4.68 Å². The van der Waals surface area contributed by atoms with Crippen LogP contribution in [0.4, 0.5) is 15.0 Å². The van der Waals surface area contributed by atoms with E-state index >= 15 is 0 Å². The monoisotopic (exact) mass is 380 g/mol. The van der Waals surface area contributed by atoms with Crippen LogP contribution in [0.25, 0.3) is 0 Å². The molecule has 1 saturated heterocycles. The largest absolute Gasteiger partial charge is 0.489 e. The first-order valence-corrected chi connectivity index (χ1v) is 8.52. The molecule has 0 unspecified atom stereocenters. The molecule has 7 nitrogen and oxygen atoms in total. The summed E-state index contributed by atoms with van der Waals surface area (Å²) in [7, 11) is 1.52. The molecule has 1 aliphatic rings. The molecule has 0 aliphatic carbocycles. The molecule has 0 spiro atoms. The van der Waals surface area contributed by atoms with Crippen LogP contribution in [0.3, 0.4) is 0 Å². The molecule has 2 amide bonds. The summed E-state index contributed by atoms with van der Waals surface area (Å²) >= 11 is 5.97. The van der Waals surface area contributed by atoms with Crippen LogP contribution in [0, 0.1) is 5.82 Å². The highest BCUT2D eigenvalue weighted by Crippen LogP contribution is 2.28. The van der Waals surface area contributed by atoms with Gasteiger partial charge in [-0.25, -0.2) is 13.9 Å². The molecule has 1 aliphatic heterocycles. The Bertz CT molecular complexity index is 865. The molecular weight excluding hydrogens is 363 g/mol. The van der Waals surface area contributed by atoms with Crippen molar-refractivity contribution in [1.82, 2.24) is 14.7 Å². The Balaban J connectivity index is 1.53. The summed E-state index contributed by atoms with van der Waals surface area (Å²) in [5, 5.41) is 6.87. The van der Waals surface area contributed by atoms with Crippen LogP contribution >= 0.6 is 11.6 Å². The van der Waals surface area contributed by atoms with Crippen LogP contribution in [-0.4, -0.2) is 39.9 Å². The fourth-order valence-corrected chi connectivity index (χ4v) is 2.90. The number of benzene rings is 1. The van der Waals surface area contributed by atoms with Crippen molar-refractivity contribution in [3.8, 4) is 5.75 Å². The second-order valence-corrected chi connectivity index (χ2v) is 6.40. The minimum absolute atomic E-state index is 0.0994. The van der Waals surface area contributed by atoms with E-state index in [-0.39, 0.29) is 22.7 Å². The molecule has 26 heavy (non-hydrogen) atoms. The maximum atomic E-state index is 13.1. The molecule has 0 radical (unpaired) electrons. The Hall–Kier alpha value is -2.61. The lowest BCUT2D eigenvalue weighted by Crippen LogP contribution is -2.44. The summed E-state index contributed by atoms with van der Waals surface area (Å²) in [6, 6.07) is 6.53. The van der Waals surface area contributed by atoms with Crippen molar-refractivity contribution in [1.29, 1.82) is 0 Å². The summed E-state index contributed by atoms with van der Waals surface area (Å²) in [6.45, 7) is 1.00. The summed E-state index contributed by atoms with van der Waals surface area (Å²) in [6.07, 6.45) is 1.15. The van der Waals surface area contributed by atoms with Gasteiger partial charge >= 0.3 is 6.03 Å². The smallest absolute Gasteiger partial charge is 0.323 e. The minimum Gasteiger partial charge on any atom is -0.489 e. The number of amides is 2.